The highest BCUT2D eigenvalue weighted by molar-refractivity contribution is 6.04. The minimum Gasteiger partial charge on any atom is -0.375 e. The predicted molar refractivity (Wildman–Crippen MR) is 110 cm³/mol. The molecule has 3 rings (SSSR count). The maximum Gasteiger partial charge on any atom is 0.255 e. The van der Waals surface area contributed by atoms with Crippen molar-refractivity contribution in [2.24, 2.45) is 0 Å². The zero-order valence-electron chi connectivity index (χ0n) is 15.9. The molecular weight excluding hydrogens is 336 g/mol. The third-order valence-corrected chi connectivity index (χ3v) is 4.57. The van der Waals surface area contributed by atoms with Crippen LogP contribution in [0.4, 0.5) is 11.4 Å². The van der Waals surface area contributed by atoms with Crippen molar-refractivity contribution < 1.29 is 4.79 Å². The fourth-order valence-corrected chi connectivity index (χ4v) is 2.93. The van der Waals surface area contributed by atoms with E-state index in [9.17, 15) is 4.79 Å². The molecule has 0 radical (unpaired) electrons. The van der Waals surface area contributed by atoms with Gasteiger partial charge in [0.2, 0.25) is 0 Å². The Morgan fingerprint density at radius 2 is 1.89 bits per heavy atom. The van der Waals surface area contributed by atoms with Gasteiger partial charge in [0.05, 0.1) is 6.54 Å². The molecule has 0 aliphatic heterocycles. The largest absolute Gasteiger partial charge is 0.375 e. The molecule has 1 aromatic heterocycles. The number of unbranched alkanes of at least 4 members (excludes halogenated alkanes) is 1. The molecule has 1 heterocycles. The third kappa shape index (κ3) is 4.97. The van der Waals surface area contributed by atoms with Crippen LogP contribution < -0.4 is 10.2 Å². The average Bonchev–Trinajstić information content (AvgIpc) is 3.21. The molecule has 0 bridgehead atoms. The van der Waals surface area contributed by atoms with Gasteiger partial charge in [0.1, 0.15) is 0 Å². The van der Waals surface area contributed by atoms with Crippen molar-refractivity contribution >= 4 is 17.3 Å². The number of hydrogen-bond acceptors (Lipinski definition) is 3. The summed E-state index contributed by atoms with van der Waals surface area (Å²) in [7, 11) is 2.08. The molecule has 0 fully saturated rings. The monoisotopic (exact) mass is 362 g/mol. The fraction of sp³-hybridized carbons (Fsp3) is 0.273. The van der Waals surface area contributed by atoms with Gasteiger partial charge in [0, 0.05) is 42.9 Å². The van der Waals surface area contributed by atoms with Gasteiger partial charge < -0.3 is 10.2 Å². The molecule has 5 nitrogen and oxygen atoms in total. The molecular formula is C22H26N4O. The number of carbonyl (C=O) groups excluding carboxylic acids is 1. The third-order valence-electron chi connectivity index (χ3n) is 4.57. The summed E-state index contributed by atoms with van der Waals surface area (Å²) in [6, 6.07) is 17.5. The number of benzene rings is 2. The molecule has 2 aromatic carbocycles. The maximum atomic E-state index is 12.7. The molecule has 0 saturated heterocycles. The summed E-state index contributed by atoms with van der Waals surface area (Å²) < 4.78 is 1.84. The highest BCUT2D eigenvalue weighted by atomic mass is 16.1. The van der Waals surface area contributed by atoms with Crippen molar-refractivity contribution in [1.82, 2.24) is 9.78 Å². The minimum atomic E-state index is -0.106. The number of anilines is 2. The lowest BCUT2D eigenvalue weighted by molar-refractivity contribution is 0.102. The van der Waals surface area contributed by atoms with E-state index in [0.717, 1.165) is 29.9 Å². The van der Waals surface area contributed by atoms with Crippen molar-refractivity contribution in [2.45, 2.75) is 26.3 Å². The summed E-state index contributed by atoms with van der Waals surface area (Å²) in [5, 5.41) is 7.27. The zero-order chi connectivity index (χ0) is 19.1. The van der Waals surface area contributed by atoms with Gasteiger partial charge in [-0.3, -0.25) is 9.48 Å². The van der Waals surface area contributed by atoms with Gasteiger partial charge in [-0.2, -0.15) is 5.10 Å². The smallest absolute Gasteiger partial charge is 0.255 e. The van der Waals surface area contributed by atoms with Gasteiger partial charge in [-0.15, -0.1) is 0 Å². The number of para-hydroxylation sites is 1. The molecule has 0 atom stereocenters. The molecule has 27 heavy (non-hydrogen) atoms. The van der Waals surface area contributed by atoms with Crippen molar-refractivity contribution in [3.63, 3.8) is 0 Å². The lowest BCUT2D eigenvalue weighted by Crippen LogP contribution is -2.18. The average molecular weight is 362 g/mol. The predicted octanol–water partition coefficient (Wildman–Crippen LogP) is 4.42. The molecule has 140 valence electrons. The number of nitrogens with zero attached hydrogens (tertiary/aromatic N) is 3. The summed E-state index contributed by atoms with van der Waals surface area (Å²) in [6.07, 6.45) is 5.99. The van der Waals surface area contributed by atoms with Gasteiger partial charge in [-0.1, -0.05) is 31.5 Å². The van der Waals surface area contributed by atoms with E-state index in [1.807, 2.05) is 65.5 Å². The number of rotatable bonds is 8. The maximum absolute atomic E-state index is 12.7. The Labute approximate surface area is 160 Å². The quantitative estimate of drug-likeness (QED) is 0.645. The van der Waals surface area contributed by atoms with E-state index in [4.69, 9.17) is 0 Å². The summed E-state index contributed by atoms with van der Waals surface area (Å²) >= 11 is 0. The van der Waals surface area contributed by atoms with E-state index < -0.39 is 0 Å². The van der Waals surface area contributed by atoms with Crippen LogP contribution in [0.3, 0.4) is 0 Å². The van der Waals surface area contributed by atoms with Crippen LogP contribution in [0.2, 0.25) is 0 Å². The molecule has 0 aliphatic carbocycles. The van der Waals surface area contributed by atoms with E-state index in [1.165, 1.54) is 6.42 Å². The topological polar surface area (TPSA) is 50.2 Å². The number of nitrogens with one attached hydrogen (secondary N) is 1. The van der Waals surface area contributed by atoms with Crippen molar-refractivity contribution in [2.75, 3.05) is 23.8 Å². The van der Waals surface area contributed by atoms with Gasteiger partial charge in [-0.05, 0) is 48.4 Å². The van der Waals surface area contributed by atoms with Crippen LogP contribution in [0.25, 0.3) is 0 Å². The first-order chi connectivity index (χ1) is 13.2. The molecule has 0 saturated carbocycles. The van der Waals surface area contributed by atoms with E-state index in [-0.39, 0.29) is 5.91 Å². The molecule has 5 heteroatoms. The normalized spacial score (nSPS) is 10.6. The van der Waals surface area contributed by atoms with Crippen LogP contribution in [-0.2, 0) is 6.54 Å². The van der Waals surface area contributed by atoms with Crippen LogP contribution >= 0.6 is 0 Å². The summed E-state index contributed by atoms with van der Waals surface area (Å²) in [5.41, 5.74) is 3.60. The highest BCUT2D eigenvalue weighted by Gasteiger charge is 2.10. The van der Waals surface area contributed by atoms with Crippen molar-refractivity contribution in [3.8, 4) is 0 Å². The molecule has 3 aromatic rings. The zero-order valence-corrected chi connectivity index (χ0v) is 15.9. The van der Waals surface area contributed by atoms with Crippen LogP contribution in [0.5, 0.6) is 0 Å². The van der Waals surface area contributed by atoms with Crippen LogP contribution in [0, 0.1) is 0 Å². The first kappa shape index (κ1) is 18.7. The van der Waals surface area contributed by atoms with E-state index in [1.54, 1.807) is 6.20 Å². The Balaban J connectivity index is 1.69. The molecule has 0 unspecified atom stereocenters. The van der Waals surface area contributed by atoms with Gasteiger partial charge in [0.25, 0.3) is 5.91 Å². The Morgan fingerprint density at radius 1 is 1.11 bits per heavy atom. The molecule has 1 amide bonds. The highest BCUT2D eigenvalue weighted by Crippen LogP contribution is 2.19. The van der Waals surface area contributed by atoms with E-state index in [0.29, 0.717) is 12.1 Å². The lowest BCUT2D eigenvalue weighted by atomic mass is 10.1. The SMILES string of the molecule is CCCCN(C)c1ccc(C(=O)Nc2ccccc2Cn2cccn2)cc1. The summed E-state index contributed by atoms with van der Waals surface area (Å²) in [6.45, 7) is 3.82. The second-order valence-electron chi connectivity index (χ2n) is 6.64. The summed E-state index contributed by atoms with van der Waals surface area (Å²) in [5.74, 6) is -0.106. The number of carbonyl (C=O) groups is 1. The van der Waals surface area contributed by atoms with Crippen molar-refractivity contribution in [3.05, 3.63) is 78.1 Å². The van der Waals surface area contributed by atoms with Crippen LogP contribution in [-0.4, -0.2) is 29.3 Å². The van der Waals surface area contributed by atoms with Gasteiger partial charge >= 0.3 is 0 Å². The Morgan fingerprint density at radius 3 is 2.59 bits per heavy atom. The first-order valence-electron chi connectivity index (χ1n) is 9.35. The second-order valence-corrected chi connectivity index (χ2v) is 6.64. The Bertz CT molecular complexity index is 856. The minimum absolute atomic E-state index is 0.106. The standard InChI is InChI=1S/C22H26N4O/c1-3-4-15-25(2)20-12-10-18(11-13-20)22(27)24-21-9-6-5-8-19(21)17-26-16-7-14-23-26/h5-14,16H,3-4,15,17H2,1-2H3,(H,24,27). The Hall–Kier alpha value is -3.08. The van der Waals surface area contributed by atoms with Crippen molar-refractivity contribution in [1.29, 1.82) is 0 Å². The van der Waals surface area contributed by atoms with E-state index in [2.05, 4.69) is 29.3 Å². The molecule has 0 spiro atoms. The number of aromatic nitrogens is 2. The number of hydrogen-bond donors (Lipinski definition) is 1. The number of amides is 1. The summed E-state index contributed by atoms with van der Waals surface area (Å²) in [4.78, 5) is 14.9. The first-order valence-corrected chi connectivity index (χ1v) is 9.35. The van der Waals surface area contributed by atoms with Gasteiger partial charge in [0.15, 0.2) is 0 Å². The second kappa shape index (κ2) is 9.03. The fourth-order valence-electron chi connectivity index (χ4n) is 2.93. The lowest BCUT2D eigenvalue weighted by Gasteiger charge is -2.19. The van der Waals surface area contributed by atoms with Crippen LogP contribution in [0.1, 0.15) is 35.7 Å². The Kier molecular flexibility index (Phi) is 6.26. The van der Waals surface area contributed by atoms with Gasteiger partial charge in [-0.25, -0.2) is 0 Å². The van der Waals surface area contributed by atoms with Crippen LogP contribution in [0.15, 0.2) is 67.0 Å². The molecule has 1 N–H and O–H groups in total. The van der Waals surface area contributed by atoms with E-state index >= 15 is 0 Å². The molecule has 0 aliphatic rings.